The molecule has 1 heterocycles. The Hall–Kier alpha value is -0.830. The van der Waals surface area contributed by atoms with Crippen molar-refractivity contribution in [1.82, 2.24) is 9.97 Å². The van der Waals surface area contributed by atoms with Crippen LogP contribution in [-0.2, 0) is 5.41 Å². The van der Waals surface area contributed by atoms with E-state index < -0.39 is 0 Å². The molecule has 0 aliphatic heterocycles. The lowest BCUT2D eigenvalue weighted by molar-refractivity contribution is 0.544. The zero-order valence-corrected chi connectivity index (χ0v) is 11.8. The summed E-state index contributed by atoms with van der Waals surface area (Å²) in [6, 6.07) is 1.85. The van der Waals surface area contributed by atoms with Crippen LogP contribution in [0.4, 0.5) is 5.82 Å². The first-order valence-corrected chi connectivity index (χ1v) is 6.50. The van der Waals surface area contributed by atoms with Gasteiger partial charge < -0.3 is 4.90 Å². The minimum Gasteiger partial charge on any atom is -0.359 e. The van der Waals surface area contributed by atoms with Crippen molar-refractivity contribution >= 4 is 17.4 Å². The lowest BCUT2D eigenvalue weighted by atomic mass is 9.96. The Morgan fingerprint density at radius 2 is 2.00 bits per heavy atom. The third kappa shape index (κ3) is 3.32. The Morgan fingerprint density at radius 1 is 1.35 bits per heavy atom. The standard InChI is InChI=1S/C13H20ClN3/c1-13(2,3)12-15-10(14)7-11(16-12)17(4)8-9-5-6-9/h7,9H,5-6,8H2,1-4H3. The van der Waals surface area contributed by atoms with Gasteiger partial charge in [-0.05, 0) is 18.8 Å². The fourth-order valence-electron chi connectivity index (χ4n) is 1.72. The van der Waals surface area contributed by atoms with Gasteiger partial charge in [0, 0.05) is 25.1 Å². The second kappa shape index (κ2) is 4.45. The molecule has 0 amide bonds. The van der Waals surface area contributed by atoms with Gasteiger partial charge in [0.2, 0.25) is 0 Å². The van der Waals surface area contributed by atoms with Gasteiger partial charge in [-0.25, -0.2) is 9.97 Å². The Bertz CT molecular complexity index is 408. The average Bonchev–Trinajstić information content (AvgIpc) is 2.99. The van der Waals surface area contributed by atoms with Crippen LogP contribution in [0, 0.1) is 5.92 Å². The molecule has 0 N–H and O–H groups in total. The normalized spacial score (nSPS) is 16.1. The maximum Gasteiger partial charge on any atom is 0.137 e. The van der Waals surface area contributed by atoms with Crippen molar-refractivity contribution in [2.75, 3.05) is 18.5 Å². The monoisotopic (exact) mass is 253 g/mol. The molecular weight excluding hydrogens is 234 g/mol. The summed E-state index contributed by atoms with van der Waals surface area (Å²) in [5, 5.41) is 0.530. The molecule has 0 saturated heterocycles. The lowest BCUT2D eigenvalue weighted by Gasteiger charge is -2.22. The smallest absolute Gasteiger partial charge is 0.137 e. The summed E-state index contributed by atoms with van der Waals surface area (Å²) in [6.45, 7) is 7.37. The first kappa shape index (κ1) is 12.6. The number of hydrogen-bond donors (Lipinski definition) is 0. The van der Waals surface area contributed by atoms with Gasteiger partial charge in [0.05, 0.1) is 0 Å². The molecule has 4 heteroatoms. The highest BCUT2D eigenvalue weighted by Gasteiger charge is 2.25. The molecule has 1 aliphatic rings. The van der Waals surface area contributed by atoms with E-state index in [0.29, 0.717) is 5.15 Å². The molecule has 1 saturated carbocycles. The van der Waals surface area contributed by atoms with Gasteiger partial charge in [0.1, 0.15) is 16.8 Å². The van der Waals surface area contributed by atoms with Gasteiger partial charge in [-0.15, -0.1) is 0 Å². The van der Waals surface area contributed by atoms with Crippen LogP contribution < -0.4 is 4.90 Å². The summed E-state index contributed by atoms with van der Waals surface area (Å²) in [5.74, 6) is 2.58. The molecule has 0 atom stereocenters. The van der Waals surface area contributed by atoms with E-state index in [0.717, 1.165) is 24.1 Å². The van der Waals surface area contributed by atoms with Crippen LogP contribution in [0.2, 0.25) is 5.15 Å². The van der Waals surface area contributed by atoms with Crippen LogP contribution in [0.15, 0.2) is 6.07 Å². The van der Waals surface area contributed by atoms with Gasteiger partial charge >= 0.3 is 0 Å². The van der Waals surface area contributed by atoms with Crippen LogP contribution in [0.1, 0.15) is 39.4 Å². The second-order valence-corrected chi connectivity index (χ2v) is 6.33. The molecule has 0 radical (unpaired) electrons. The zero-order chi connectivity index (χ0) is 12.6. The van der Waals surface area contributed by atoms with Crippen LogP contribution in [-0.4, -0.2) is 23.6 Å². The Labute approximate surface area is 108 Å². The summed E-state index contributed by atoms with van der Waals surface area (Å²) in [6.07, 6.45) is 2.69. The maximum absolute atomic E-state index is 6.07. The number of aromatic nitrogens is 2. The first-order valence-electron chi connectivity index (χ1n) is 6.12. The third-order valence-corrected chi connectivity index (χ3v) is 3.17. The maximum atomic E-state index is 6.07. The van der Waals surface area contributed by atoms with E-state index in [1.807, 2.05) is 6.07 Å². The van der Waals surface area contributed by atoms with Crippen molar-refractivity contribution in [3.8, 4) is 0 Å². The minimum atomic E-state index is -0.0694. The number of nitrogens with zero attached hydrogens (tertiary/aromatic N) is 3. The molecule has 2 rings (SSSR count). The van der Waals surface area contributed by atoms with Crippen molar-refractivity contribution in [1.29, 1.82) is 0 Å². The summed E-state index contributed by atoms with van der Waals surface area (Å²) in [7, 11) is 2.07. The van der Waals surface area contributed by atoms with E-state index in [9.17, 15) is 0 Å². The van der Waals surface area contributed by atoms with Gasteiger partial charge in [-0.1, -0.05) is 32.4 Å². The van der Waals surface area contributed by atoms with Crippen molar-refractivity contribution in [3.63, 3.8) is 0 Å². The number of hydrogen-bond acceptors (Lipinski definition) is 3. The molecule has 0 unspecified atom stereocenters. The van der Waals surface area contributed by atoms with Gasteiger partial charge in [0.25, 0.3) is 0 Å². The van der Waals surface area contributed by atoms with Crippen LogP contribution in [0.3, 0.4) is 0 Å². The topological polar surface area (TPSA) is 29.0 Å². The molecule has 1 aliphatic carbocycles. The third-order valence-electron chi connectivity index (χ3n) is 2.97. The average molecular weight is 254 g/mol. The highest BCUT2D eigenvalue weighted by atomic mass is 35.5. The molecule has 0 bridgehead atoms. The van der Waals surface area contributed by atoms with Crippen LogP contribution in [0.5, 0.6) is 0 Å². The first-order chi connectivity index (χ1) is 7.86. The van der Waals surface area contributed by atoms with E-state index >= 15 is 0 Å². The van der Waals surface area contributed by atoms with Gasteiger partial charge in [-0.3, -0.25) is 0 Å². The van der Waals surface area contributed by atoms with Gasteiger partial charge in [0.15, 0.2) is 0 Å². The van der Waals surface area contributed by atoms with Crippen molar-refractivity contribution < 1.29 is 0 Å². The number of halogens is 1. The highest BCUT2D eigenvalue weighted by Crippen LogP contribution is 2.31. The molecule has 1 aromatic rings. The van der Waals surface area contributed by atoms with E-state index in [-0.39, 0.29) is 5.41 Å². The Balaban J connectivity index is 2.23. The van der Waals surface area contributed by atoms with Crippen molar-refractivity contribution in [2.24, 2.45) is 5.92 Å². The fraction of sp³-hybridized carbons (Fsp3) is 0.692. The molecular formula is C13H20ClN3. The molecule has 17 heavy (non-hydrogen) atoms. The predicted molar refractivity (Wildman–Crippen MR) is 71.7 cm³/mol. The number of rotatable bonds is 3. The van der Waals surface area contributed by atoms with Crippen LogP contribution >= 0.6 is 11.6 Å². The Kier molecular flexibility index (Phi) is 3.30. The van der Waals surface area contributed by atoms with E-state index in [4.69, 9.17) is 11.6 Å². The largest absolute Gasteiger partial charge is 0.359 e. The molecule has 0 aromatic carbocycles. The summed E-state index contributed by atoms with van der Waals surface area (Å²) >= 11 is 6.07. The predicted octanol–water partition coefficient (Wildman–Crippen LogP) is 3.27. The van der Waals surface area contributed by atoms with Crippen LogP contribution in [0.25, 0.3) is 0 Å². The molecule has 1 fully saturated rings. The van der Waals surface area contributed by atoms with Crippen molar-refractivity contribution in [3.05, 3.63) is 17.0 Å². The fourth-order valence-corrected chi connectivity index (χ4v) is 1.90. The Morgan fingerprint density at radius 3 is 2.53 bits per heavy atom. The molecule has 0 spiro atoms. The van der Waals surface area contributed by atoms with Crippen molar-refractivity contribution in [2.45, 2.75) is 39.0 Å². The van der Waals surface area contributed by atoms with E-state index in [1.165, 1.54) is 12.8 Å². The van der Waals surface area contributed by atoms with E-state index in [2.05, 4.69) is 42.7 Å². The molecule has 3 nitrogen and oxygen atoms in total. The van der Waals surface area contributed by atoms with Gasteiger partial charge in [-0.2, -0.15) is 0 Å². The number of anilines is 1. The summed E-state index contributed by atoms with van der Waals surface area (Å²) < 4.78 is 0. The lowest BCUT2D eigenvalue weighted by Crippen LogP contribution is -2.24. The molecule has 94 valence electrons. The second-order valence-electron chi connectivity index (χ2n) is 5.95. The summed E-state index contributed by atoms with van der Waals surface area (Å²) in [5.41, 5.74) is -0.0694. The highest BCUT2D eigenvalue weighted by molar-refractivity contribution is 6.29. The quantitative estimate of drug-likeness (QED) is 0.775. The van der Waals surface area contributed by atoms with E-state index in [1.54, 1.807) is 0 Å². The SMILES string of the molecule is CN(CC1CC1)c1cc(Cl)nc(C(C)(C)C)n1. The minimum absolute atomic E-state index is 0.0694. The molecule has 1 aromatic heterocycles. The zero-order valence-electron chi connectivity index (χ0n) is 11.0. The summed E-state index contributed by atoms with van der Waals surface area (Å²) in [4.78, 5) is 11.1.